The lowest BCUT2D eigenvalue weighted by Gasteiger charge is -2.15. The van der Waals surface area contributed by atoms with Crippen LogP contribution in [0, 0.1) is 11.6 Å². The van der Waals surface area contributed by atoms with Crippen LogP contribution < -0.4 is 14.8 Å². The maximum Gasteiger partial charge on any atom is 0.240 e. The third kappa shape index (κ3) is 6.00. The smallest absolute Gasteiger partial charge is 0.240 e. The fourth-order valence-electron chi connectivity index (χ4n) is 2.51. The highest BCUT2D eigenvalue weighted by atomic mass is 32.2. The highest BCUT2D eigenvalue weighted by molar-refractivity contribution is 7.89. The third-order valence-electron chi connectivity index (χ3n) is 3.90. The monoisotopic (exact) mass is 412 g/mol. The fraction of sp³-hybridized carbons (Fsp3) is 0.316. The molecule has 0 aliphatic heterocycles. The zero-order valence-electron chi connectivity index (χ0n) is 15.5. The largest absolute Gasteiger partial charge is 0.494 e. The Hall–Kier alpha value is -2.52. The Morgan fingerprint density at radius 2 is 1.82 bits per heavy atom. The van der Waals surface area contributed by atoms with E-state index >= 15 is 0 Å². The molecule has 2 aromatic rings. The Balaban J connectivity index is 1.86. The van der Waals surface area contributed by atoms with E-state index in [1.807, 2.05) is 6.92 Å². The summed E-state index contributed by atoms with van der Waals surface area (Å²) < 4.78 is 58.7. The summed E-state index contributed by atoms with van der Waals surface area (Å²) in [5.41, 5.74) is 0.143. The second-order valence-corrected chi connectivity index (χ2v) is 7.77. The van der Waals surface area contributed by atoms with Crippen molar-refractivity contribution in [2.75, 3.05) is 13.2 Å². The molecule has 2 N–H and O–H groups in total. The molecule has 0 aliphatic carbocycles. The molecule has 1 atom stereocenters. The summed E-state index contributed by atoms with van der Waals surface area (Å²) in [4.78, 5) is 12.0. The van der Waals surface area contributed by atoms with Gasteiger partial charge in [0.2, 0.25) is 15.9 Å². The highest BCUT2D eigenvalue weighted by Crippen LogP contribution is 2.18. The molecule has 0 spiro atoms. The molecule has 6 nitrogen and oxygen atoms in total. The Bertz CT molecular complexity index is 918. The van der Waals surface area contributed by atoms with Crippen LogP contribution >= 0.6 is 0 Å². The van der Waals surface area contributed by atoms with Crippen molar-refractivity contribution < 1.29 is 26.7 Å². The van der Waals surface area contributed by atoms with Crippen LogP contribution in [0.1, 0.15) is 31.9 Å². The van der Waals surface area contributed by atoms with E-state index < -0.39 is 33.6 Å². The summed E-state index contributed by atoms with van der Waals surface area (Å²) in [6, 6.07) is 8.32. The molecule has 1 unspecified atom stereocenters. The first kappa shape index (κ1) is 21.8. The van der Waals surface area contributed by atoms with Crippen LogP contribution in [0.4, 0.5) is 8.78 Å². The number of carbonyl (C=O) groups is 1. The van der Waals surface area contributed by atoms with Crippen LogP contribution in [0.2, 0.25) is 0 Å². The second kappa shape index (κ2) is 9.61. The van der Waals surface area contributed by atoms with Gasteiger partial charge in [0.15, 0.2) is 0 Å². The minimum Gasteiger partial charge on any atom is -0.494 e. The van der Waals surface area contributed by atoms with Crippen LogP contribution in [0.5, 0.6) is 5.75 Å². The summed E-state index contributed by atoms with van der Waals surface area (Å²) in [6.45, 7) is 3.72. The Morgan fingerprint density at radius 1 is 1.14 bits per heavy atom. The van der Waals surface area contributed by atoms with Gasteiger partial charge in [-0.3, -0.25) is 4.79 Å². The van der Waals surface area contributed by atoms with Crippen molar-refractivity contribution in [2.24, 2.45) is 0 Å². The average molecular weight is 412 g/mol. The zero-order valence-corrected chi connectivity index (χ0v) is 16.4. The molecule has 2 rings (SSSR count). The lowest BCUT2D eigenvalue weighted by Crippen LogP contribution is -2.32. The van der Waals surface area contributed by atoms with Crippen molar-refractivity contribution in [3.63, 3.8) is 0 Å². The molecule has 152 valence electrons. The summed E-state index contributed by atoms with van der Waals surface area (Å²) in [6.07, 6.45) is -0.136. The van der Waals surface area contributed by atoms with Gasteiger partial charge in [-0.15, -0.1) is 0 Å². The SMILES string of the molecule is CCOc1ccc(S(=O)(=O)NCCC(=O)NC(C)c2ccc(F)cc2F)cc1. The van der Waals surface area contributed by atoms with E-state index in [2.05, 4.69) is 10.0 Å². The molecule has 0 heterocycles. The van der Waals surface area contributed by atoms with Crippen LogP contribution in [-0.4, -0.2) is 27.5 Å². The zero-order chi connectivity index (χ0) is 20.7. The molecule has 9 heteroatoms. The van der Waals surface area contributed by atoms with Crippen molar-refractivity contribution >= 4 is 15.9 Å². The Kier molecular flexibility index (Phi) is 7.47. The molecule has 2 aromatic carbocycles. The average Bonchev–Trinajstić information content (AvgIpc) is 2.62. The van der Waals surface area contributed by atoms with Gasteiger partial charge in [-0.2, -0.15) is 0 Å². The van der Waals surface area contributed by atoms with Crippen molar-refractivity contribution in [2.45, 2.75) is 31.2 Å². The summed E-state index contributed by atoms with van der Waals surface area (Å²) in [7, 11) is -3.77. The molecule has 0 bridgehead atoms. The van der Waals surface area contributed by atoms with Crippen LogP contribution in [0.3, 0.4) is 0 Å². The maximum atomic E-state index is 13.7. The lowest BCUT2D eigenvalue weighted by atomic mass is 10.1. The summed E-state index contributed by atoms with van der Waals surface area (Å²) in [5, 5.41) is 2.55. The Labute approximate surface area is 163 Å². The predicted octanol–water partition coefficient (Wildman–Crippen LogP) is 2.91. The highest BCUT2D eigenvalue weighted by Gasteiger charge is 2.17. The molecule has 0 aromatic heterocycles. The number of rotatable bonds is 9. The van der Waals surface area contributed by atoms with Crippen molar-refractivity contribution in [1.82, 2.24) is 10.0 Å². The van der Waals surface area contributed by atoms with E-state index in [9.17, 15) is 22.0 Å². The predicted molar refractivity (Wildman–Crippen MR) is 100 cm³/mol. The first-order valence-corrected chi connectivity index (χ1v) is 10.2. The molecule has 0 saturated carbocycles. The third-order valence-corrected chi connectivity index (χ3v) is 5.37. The number of nitrogens with one attached hydrogen (secondary N) is 2. The van der Waals surface area contributed by atoms with E-state index in [-0.39, 0.29) is 23.4 Å². The van der Waals surface area contributed by atoms with Gasteiger partial charge in [0, 0.05) is 24.6 Å². The molecule has 0 aliphatic rings. The minimum absolute atomic E-state index is 0.0538. The molecular formula is C19H22F2N2O4S. The minimum atomic E-state index is -3.77. The van der Waals surface area contributed by atoms with Crippen molar-refractivity contribution in [3.05, 3.63) is 59.7 Å². The molecule has 0 fully saturated rings. The van der Waals surface area contributed by atoms with Crippen LogP contribution in [0.25, 0.3) is 0 Å². The number of carbonyl (C=O) groups excluding carboxylic acids is 1. The molecule has 0 saturated heterocycles. The normalized spacial score (nSPS) is 12.4. The van der Waals surface area contributed by atoms with Gasteiger partial charge in [0.1, 0.15) is 17.4 Å². The lowest BCUT2D eigenvalue weighted by molar-refractivity contribution is -0.121. The van der Waals surface area contributed by atoms with E-state index in [1.54, 1.807) is 19.1 Å². The van der Waals surface area contributed by atoms with Gasteiger partial charge in [-0.05, 0) is 44.2 Å². The number of hydrogen-bond donors (Lipinski definition) is 2. The number of amides is 1. The van der Waals surface area contributed by atoms with Gasteiger partial charge >= 0.3 is 0 Å². The van der Waals surface area contributed by atoms with E-state index in [4.69, 9.17) is 4.74 Å². The number of sulfonamides is 1. The van der Waals surface area contributed by atoms with Gasteiger partial charge in [-0.25, -0.2) is 21.9 Å². The molecule has 28 heavy (non-hydrogen) atoms. The maximum absolute atomic E-state index is 13.7. The fourth-order valence-corrected chi connectivity index (χ4v) is 3.54. The Morgan fingerprint density at radius 3 is 2.43 bits per heavy atom. The van der Waals surface area contributed by atoms with Crippen molar-refractivity contribution in [3.8, 4) is 5.75 Å². The number of halogens is 2. The van der Waals surface area contributed by atoms with E-state index in [0.29, 0.717) is 12.4 Å². The van der Waals surface area contributed by atoms with Gasteiger partial charge in [0.05, 0.1) is 17.5 Å². The van der Waals surface area contributed by atoms with Crippen LogP contribution in [-0.2, 0) is 14.8 Å². The topological polar surface area (TPSA) is 84.5 Å². The van der Waals surface area contributed by atoms with Gasteiger partial charge in [0.25, 0.3) is 0 Å². The molecule has 1 amide bonds. The summed E-state index contributed by atoms with van der Waals surface area (Å²) >= 11 is 0. The standard InChI is InChI=1S/C19H22F2N2O4S/c1-3-27-15-5-7-16(8-6-15)28(25,26)22-11-10-19(24)23-13(2)17-9-4-14(20)12-18(17)21/h4-9,12-13,22H,3,10-11H2,1-2H3,(H,23,24). The number of hydrogen-bond acceptors (Lipinski definition) is 4. The molecular weight excluding hydrogens is 390 g/mol. The number of ether oxygens (including phenoxy) is 1. The summed E-state index contributed by atoms with van der Waals surface area (Å²) in [5.74, 6) is -1.37. The van der Waals surface area contributed by atoms with Crippen LogP contribution in [0.15, 0.2) is 47.4 Å². The number of benzene rings is 2. The quantitative estimate of drug-likeness (QED) is 0.663. The second-order valence-electron chi connectivity index (χ2n) is 6.01. The van der Waals surface area contributed by atoms with E-state index in [1.165, 1.54) is 18.2 Å². The van der Waals surface area contributed by atoms with Crippen molar-refractivity contribution in [1.29, 1.82) is 0 Å². The van der Waals surface area contributed by atoms with Gasteiger partial charge in [-0.1, -0.05) is 6.07 Å². The first-order chi connectivity index (χ1) is 13.2. The van der Waals surface area contributed by atoms with Gasteiger partial charge < -0.3 is 10.1 Å². The van der Waals surface area contributed by atoms with E-state index in [0.717, 1.165) is 12.1 Å². The first-order valence-electron chi connectivity index (χ1n) is 8.69. The molecule has 0 radical (unpaired) electrons.